The van der Waals surface area contributed by atoms with Crippen molar-refractivity contribution in [3.63, 3.8) is 0 Å². The zero-order chi connectivity index (χ0) is 13.0. The zero-order valence-corrected chi connectivity index (χ0v) is 11.7. The van der Waals surface area contributed by atoms with Crippen LogP contribution in [0.3, 0.4) is 0 Å². The van der Waals surface area contributed by atoms with E-state index in [0.717, 1.165) is 6.42 Å². The molecule has 1 aliphatic carbocycles. The number of rotatable bonds is 5. The van der Waals surface area contributed by atoms with Crippen molar-refractivity contribution in [1.82, 2.24) is 5.43 Å². The second kappa shape index (κ2) is 5.85. The third-order valence-electron chi connectivity index (χ3n) is 4.46. The Balaban J connectivity index is 2.16. The summed E-state index contributed by atoms with van der Waals surface area (Å²) in [7, 11) is 0. The van der Waals surface area contributed by atoms with Crippen molar-refractivity contribution in [3.05, 3.63) is 35.4 Å². The monoisotopic (exact) mass is 246 g/mol. The molecule has 1 aliphatic rings. The van der Waals surface area contributed by atoms with Gasteiger partial charge in [0.2, 0.25) is 0 Å². The first-order valence-corrected chi connectivity index (χ1v) is 7.24. The molecule has 0 radical (unpaired) electrons. The SMILES string of the molecule is CCCc1ccc(C(NN)C2(C)CCCC2)cc1. The summed E-state index contributed by atoms with van der Waals surface area (Å²) in [5, 5.41) is 0. The fraction of sp³-hybridized carbons (Fsp3) is 0.625. The predicted molar refractivity (Wildman–Crippen MR) is 77.1 cm³/mol. The van der Waals surface area contributed by atoms with Crippen molar-refractivity contribution < 1.29 is 0 Å². The van der Waals surface area contributed by atoms with Crippen molar-refractivity contribution in [2.75, 3.05) is 0 Å². The highest BCUT2D eigenvalue weighted by molar-refractivity contribution is 5.26. The highest BCUT2D eigenvalue weighted by Gasteiger charge is 2.37. The summed E-state index contributed by atoms with van der Waals surface area (Å²) in [5.41, 5.74) is 6.13. The van der Waals surface area contributed by atoms with Crippen LogP contribution in [0.15, 0.2) is 24.3 Å². The second-order valence-electron chi connectivity index (χ2n) is 5.95. The minimum absolute atomic E-state index is 0.288. The molecule has 18 heavy (non-hydrogen) atoms. The van der Waals surface area contributed by atoms with E-state index in [1.54, 1.807) is 0 Å². The van der Waals surface area contributed by atoms with Gasteiger partial charge in [-0.3, -0.25) is 11.3 Å². The van der Waals surface area contributed by atoms with Gasteiger partial charge in [0, 0.05) is 0 Å². The minimum Gasteiger partial charge on any atom is -0.271 e. The average molecular weight is 246 g/mol. The Morgan fingerprint density at radius 2 is 1.83 bits per heavy atom. The Kier molecular flexibility index (Phi) is 4.41. The molecule has 3 N–H and O–H groups in total. The van der Waals surface area contributed by atoms with E-state index in [-0.39, 0.29) is 6.04 Å². The molecule has 1 atom stereocenters. The van der Waals surface area contributed by atoms with E-state index < -0.39 is 0 Å². The number of nitrogens with two attached hydrogens (primary N) is 1. The van der Waals surface area contributed by atoms with Gasteiger partial charge in [-0.1, -0.05) is 57.4 Å². The lowest BCUT2D eigenvalue weighted by Crippen LogP contribution is -2.38. The van der Waals surface area contributed by atoms with Gasteiger partial charge in [0.1, 0.15) is 0 Å². The van der Waals surface area contributed by atoms with Crippen LogP contribution in [0, 0.1) is 5.41 Å². The van der Waals surface area contributed by atoms with E-state index in [0.29, 0.717) is 5.41 Å². The van der Waals surface area contributed by atoms with Crippen molar-refractivity contribution in [3.8, 4) is 0 Å². The Morgan fingerprint density at radius 3 is 2.33 bits per heavy atom. The molecule has 0 spiro atoms. The summed E-state index contributed by atoms with van der Waals surface area (Å²) in [6.45, 7) is 4.59. The number of nitrogens with one attached hydrogen (secondary N) is 1. The summed E-state index contributed by atoms with van der Waals surface area (Å²) in [5.74, 6) is 5.82. The van der Waals surface area contributed by atoms with Gasteiger partial charge in [-0.15, -0.1) is 0 Å². The molecule has 1 unspecified atom stereocenters. The summed E-state index contributed by atoms with van der Waals surface area (Å²) >= 11 is 0. The van der Waals surface area contributed by atoms with Gasteiger partial charge >= 0.3 is 0 Å². The zero-order valence-electron chi connectivity index (χ0n) is 11.7. The highest BCUT2D eigenvalue weighted by atomic mass is 15.2. The van der Waals surface area contributed by atoms with Crippen LogP contribution in [-0.2, 0) is 6.42 Å². The maximum Gasteiger partial charge on any atom is 0.0513 e. The van der Waals surface area contributed by atoms with Crippen LogP contribution in [0.5, 0.6) is 0 Å². The molecule has 100 valence electrons. The van der Waals surface area contributed by atoms with Gasteiger partial charge in [0.25, 0.3) is 0 Å². The molecular formula is C16H26N2. The first kappa shape index (κ1) is 13.6. The fourth-order valence-corrected chi connectivity index (χ4v) is 3.34. The van der Waals surface area contributed by atoms with Crippen molar-refractivity contribution in [1.29, 1.82) is 0 Å². The third kappa shape index (κ3) is 2.76. The first-order chi connectivity index (χ1) is 8.69. The van der Waals surface area contributed by atoms with Gasteiger partial charge in [-0.05, 0) is 35.8 Å². The molecule has 1 fully saturated rings. The Morgan fingerprint density at radius 1 is 1.22 bits per heavy atom. The quantitative estimate of drug-likeness (QED) is 0.614. The molecular weight excluding hydrogens is 220 g/mol. The van der Waals surface area contributed by atoms with Gasteiger partial charge < -0.3 is 0 Å². The first-order valence-electron chi connectivity index (χ1n) is 7.24. The molecule has 0 bridgehead atoms. The van der Waals surface area contributed by atoms with Gasteiger partial charge in [-0.25, -0.2) is 0 Å². The molecule has 0 saturated heterocycles. The molecule has 0 aliphatic heterocycles. The molecule has 0 amide bonds. The highest BCUT2D eigenvalue weighted by Crippen LogP contribution is 2.46. The van der Waals surface area contributed by atoms with E-state index in [2.05, 4.69) is 43.5 Å². The lowest BCUT2D eigenvalue weighted by molar-refractivity contribution is 0.225. The molecule has 0 aromatic heterocycles. The fourth-order valence-electron chi connectivity index (χ4n) is 3.34. The smallest absolute Gasteiger partial charge is 0.0513 e. The summed E-state index contributed by atoms with van der Waals surface area (Å²) in [4.78, 5) is 0. The molecule has 1 aromatic carbocycles. The van der Waals surface area contributed by atoms with Crippen LogP contribution in [0.1, 0.15) is 63.1 Å². The van der Waals surface area contributed by atoms with Gasteiger partial charge in [-0.2, -0.15) is 0 Å². The molecule has 1 aromatic rings. The summed E-state index contributed by atoms with van der Waals surface area (Å²) < 4.78 is 0. The minimum atomic E-state index is 0.288. The Hall–Kier alpha value is -0.860. The summed E-state index contributed by atoms with van der Waals surface area (Å²) in [6, 6.07) is 9.29. The topological polar surface area (TPSA) is 38.0 Å². The van der Waals surface area contributed by atoms with E-state index in [4.69, 9.17) is 5.84 Å². The van der Waals surface area contributed by atoms with Crippen LogP contribution in [-0.4, -0.2) is 0 Å². The maximum atomic E-state index is 5.82. The Bertz CT molecular complexity index is 363. The lowest BCUT2D eigenvalue weighted by atomic mass is 9.77. The number of aryl methyl sites for hydroxylation is 1. The molecule has 1 saturated carbocycles. The third-order valence-corrected chi connectivity index (χ3v) is 4.46. The maximum absolute atomic E-state index is 5.82. The largest absolute Gasteiger partial charge is 0.271 e. The van der Waals surface area contributed by atoms with Crippen LogP contribution >= 0.6 is 0 Å². The van der Waals surface area contributed by atoms with E-state index in [1.807, 2.05) is 0 Å². The second-order valence-corrected chi connectivity index (χ2v) is 5.95. The van der Waals surface area contributed by atoms with Crippen LogP contribution in [0.2, 0.25) is 0 Å². The van der Waals surface area contributed by atoms with Gasteiger partial charge in [0.15, 0.2) is 0 Å². The van der Waals surface area contributed by atoms with Crippen LogP contribution < -0.4 is 11.3 Å². The number of benzene rings is 1. The predicted octanol–water partition coefficient (Wildman–Crippen LogP) is 3.72. The van der Waals surface area contributed by atoms with E-state index in [9.17, 15) is 0 Å². The number of hydrazine groups is 1. The van der Waals surface area contributed by atoms with Crippen molar-refractivity contribution in [2.45, 2.75) is 58.4 Å². The molecule has 2 heteroatoms. The normalized spacial score (nSPS) is 19.9. The summed E-state index contributed by atoms with van der Waals surface area (Å²) in [6.07, 6.45) is 7.59. The molecule has 0 heterocycles. The van der Waals surface area contributed by atoms with Crippen LogP contribution in [0.25, 0.3) is 0 Å². The van der Waals surface area contributed by atoms with E-state index >= 15 is 0 Å². The molecule has 2 nitrogen and oxygen atoms in total. The van der Waals surface area contributed by atoms with Crippen LogP contribution in [0.4, 0.5) is 0 Å². The van der Waals surface area contributed by atoms with Crippen molar-refractivity contribution in [2.24, 2.45) is 11.3 Å². The number of hydrogen-bond donors (Lipinski definition) is 2. The molecule has 2 rings (SSSR count). The standard InChI is InChI=1S/C16H26N2/c1-3-6-13-7-9-14(10-8-13)15(18-17)16(2)11-4-5-12-16/h7-10,15,18H,3-6,11-12,17H2,1-2H3. The number of hydrogen-bond acceptors (Lipinski definition) is 2. The Labute approximate surface area is 111 Å². The van der Waals surface area contributed by atoms with Gasteiger partial charge in [0.05, 0.1) is 6.04 Å². The van der Waals surface area contributed by atoms with Crippen molar-refractivity contribution >= 4 is 0 Å². The average Bonchev–Trinajstić information content (AvgIpc) is 2.80. The van der Waals surface area contributed by atoms with E-state index in [1.165, 1.54) is 43.2 Å². The lowest BCUT2D eigenvalue weighted by Gasteiger charge is -2.34.